The first-order valence-corrected chi connectivity index (χ1v) is 12.2. The number of pyridine rings is 2. The molecule has 0 unspecified atom stereocenters. The zero-order valence-corrected chi connectivity index (χ0v) is 19.7. The molecule has 8 rings (SSSR count). The average molecular weight is 487 g/mol. The second kappa shape index (κ2) is 7.67. The molecular formula is C30H22N4O3. The number of para-hydroxylation sites is 1. The third-order valence-electron chi connectivity index (χ3n) is 8.19. The van der Waals surface area contributed by atoms with E-state index in [0.717, 1.165) is 16.7 Å². The second-order valence-corrected chi connectivity index (χ2v) is 9.86. The van der Waals surface area contributed by atoms with Crippen molar-refractivity contribution in [1.82, 2.24) is 15.3 Å². The van der Waals surface area contributed by atoms with Gasteiger partial charge in [-0.25, -0.2) is 4.90 Å². The van der Waals surface area contributed by atoms with Crippen LogP contribution in [0, 0.1) is 11.8 Å². The maximum Gasteiger partial charge on any atom is 0.240 e. The lowest BCUT2D eigenvalue weighted by Crippen LogP contribution is -2.73. The molecule has 2 fully saturated rings. The van der Waals surface area contributed by atoms with Gasteiger partial charge in [0, 0.05) is 30.4 Å². The number of hydrogen-bond donors (Lipinski definition) is 1. The molecule has 5 heterocycles. The SMILES string of the molecule is O=C1[C@@H]2[C@H](C(=O)N1c1ccccc1)[C@@]1(Cc3cccnc3)C(=O)N[C@@]2(c2cccnc2)c2ccccc21. The van der Waals surface area contributed by atoms with E-state index in [9.17, 15) is 14.4 Å². The Kier molecular flexibility index (Phi) is 4.48. The van der Waals surface area contributed by atoms with Gasteiger partial charge >= 0.3 is 0 Å². The van der Waals surface area contributed by atoms with Crippen LogP contribution in [-0.2, 0) is 31.8 Å². The minimum Gasteiger partial charge on any atom is -0.341 e. The van der Waals surface area contributed by atoms with E-state index >= 15 is 0 Å². The zero-order chi connectivity index (χ0) is 25.2. The molecule has 2 aromatic heterocycles. The van der Waals surface area contributed by atoms with E-state index in [4.69, 9.17) is 0 Å². The third kappa shape index (κ3) is 2.68. The Morgan fingerprint density at radius 2 is 1.41 bits per heavy atom. The van der Waals surface area contributed by atoms with Crippen molar-refractivity contribution in [2.45, 2.75) is 17.4 Å². The molecule has 0 radical (unpaired) electrons. The Morgan fingerprint density at radius 3 is 2.11 bits per heavy atom. The quantitative estimate of drug-likeness (QED) is 0.448. The van der Waals surface area contributed by atoms with Gasteiger partial charge in [-0.2, -0.15) is 0 Å². The predicted octanol–water partition coefficient (Wildman–Crippen LogP) is 3.15. The van der Waals surface area contributed by atoms with Crippen LogP contribution in [0.3, 0.4) is 0 Å². The molecule has 180 valence electrons. The van der Waals surface area contributed by atoms with E-state index in [2.05, 4.69) is 15.3 Å². The lowest BCUT2D eigenvalue weighted by molar-refractivity contribution is -0.148. The van der Waals surface area contributed by atoms with Crippen molar-refractivity contribution < 1.29 is 14.4 Å². The Labute approximate surface area is 213 Å². The van der Waals surface area contributed by atoms with Crippen LogP contribution >= 0.6 is 0 Å². The minimum absolute atomic E-state index is 0.246. The first-order chi connectivity index (χ1) is 18.1. The van der Waals surface area contributed by atoms with Crippen LogP contribution < -0.4 is 10.2 Å². The van der Waals surface area contributed by atoms with Gasteiger partial charge in [0.05, 0.1) is 22.9 Å². The Hall–Kier alpha value is -4.65. The first kappa shape index (κ1) is 21.6. The summed E-state index contributed by atoms with van der Waals surface area (Å²) in [5, 5.41) is 3.26. The number of aromatic nitrogens is 2. The maximum absolute atomic E-state index is 14.4. The van der Waals surface area contributed by atoms with Crippen molar-refractivity contribution in [3.8, 4) is 0 Å². The van der Waals surface area contributed by atoms with Crippen LogP contribution in [0.5, 0.6) is 0 Å². The molecule has 7 nitrogen and oxygen atoms in total. The molecule has 1 aliphatic carbocycles. The zero-order valence-electron chi connectivity index (χ0n) is 19.7. The van der Waals surface area contributed by atoms with Crippen molar-refractivity contribution in [2.24, 2.45) is 11.8 Å². The molecule has 4 aromatic rings. The Morgan fingerprint density at radius 1 is 0.730 bits per heavy atom. The molecule has 37 heavy (non-hydrogen) atoms. The molecule has 2 saturated heterocycles. The monoisotopic (exact) mass is 486 g/mol. The molecule has 0 spiro atoms. The first-order valence-electron chi connectivity index (χ1n) is 12.2. The number of nitrogens with zero attached hydrogens (tertiary/aromatic N) is 3. The summed E-state index contributed by atoms with van der Waals surface area (Å²) in [4.78, 5) is 52.9. The van der Waals surface area contributed by atoms with Crippen LogP contribution in [0.1, 0.15) is 22.3 Å². The number of fused-ring (bicyclic) bond motifs is 1. The predicted molar refractivity (Wildman–Crippen MR) is 135 cm³/mol. The fraction of sp³-hybridized carbons (Fsp3) is 0.167. The summed E-state index contributed by atoms with van der Waals surface area (Å²) in [6.07, 6.45) is 6.97. The van der Waals surface area contributed by atoms with Crippen LogP contribution in [0.15, 0.2) is 104 Å². The summed E-state index contributed by atoms with van der Waals surface area (Å²) in [5.41, 5.74) is 1.09. The fourth-order valence-corrected chi connectivity index (χ4v) is 6.80. The summed E-state index contributed by atoms with van der Waals surface area (Å²) in [6.45, 7) is 0. The number of benzene rings is 2. The van der Waals surface area contributed by atoms with Crippen molar-refractivity contribution in [3.05, 3.63) is 126 Å². The summed E-state index contributed by atoms with van der Waals surface area (Å²) in [7, 11) is 0. The lowest BCUT2D eigenvalue weighted by atomic mass is 9.47. The number of imide groups is 1. The molecule has 4 aliphatic rings. The van der Waals surface area contributed by atoms with E-state index in [0.29, 0.717) is 11.3 Å². The lowest BCUT2D eigenvalue weighted by Gasteiger charge is -2.58. The molecule has 2 aromatic carbocycles. The van der Waals surface area contributed by atoms with Crippen molar-refractivity contribution in [3.63, 3.8) is 0 Å². The van der Waals surface area contributed by atoms with E-state index in [1.807, 2.05) is 48.5 Å². The maximum atomic E-state index is 14.4. The van der Waals surface area contributed by atoms with Gasteiger partial charge in [0.15, 0.2) is 0 Å². The number of nitrogens with one attached hydrogen (secondary N) is 1. The Bertz CT molecular complexity index is 1560. The van der Waals surface area contributed by atoms with Gasteiger partial charge in [-0.15, -0.1) is 0 Å². The highest BCUT2D eigenvalue weighted by Gasteiger charge is 2.75. The number of piperidine rings is 1. The number of carbonyl (C=O) groups excluding carboxylic acids is 3. The van der Waals surface area contributed by atoms with Crippen LogP contribution in [0.25, 0.3) is 0 Å². The van der Waals surface area contributed by atoms with Crippen LogP contribution in [-0.4, -0.2) is 27.7 Å². The molecule has 2 bridgehead atoms. The smallest absolute Gasteiger partial charge is 0.240 e. The molecule has 3 aliphatic heterocycles. The standard InChI is InChI=1S/C30H22N4O3/c35-26-24-25(27(36)34(26)21-10-2-1-3-11-21)30(20-9-7-15-32-18-20)23-13-5-4-12-22(23)29(24,28(37)33-30)16-19-8-6-14-31-17-19/h1-15,17-18,24-25H,16H2,(H,33,37)/t24-,25+,29+,30+/m1/s1. The summed E-state index contributed by atoms with van der Waals surface area (Å²) < 4.78 is 0. The van der Waals surface area contributed by atoms with E-state index in [1.165, 1.54) is 4.90 Å². The topological polar surface area (TPSA) is 92.3 Å². The molecule has 4 atom stereocenters. The number of amides is 3. The van der Waals surface area contributed by atoms with Gasteiger partial charge in [-0.1, -0.05) is 54.6 Å². The molecule has 0 saturated carbocycles. The molecular weight excluding hydrogens is 464 g/mol. The van der Waals surface area contributed by atoms with Gasteiger partial charge in [-0.3, -0.25) is 24.4 Å². The summed E-state index contributed by atoms with van der Waals surface area (Å²) in [6, 6.07) is 24.0. The number of anilines is 1. The van der Waals surface area contributed by atoms with E-state index < -0.39 is 22.8 Å². The van der Waals surface area contributed by atoms with Crippen molar-refractivity contribution in [2.75, 3.05) is 4.90 Å². The highest BCUT2D eigenvalue weighted by atomic mass is 16.2. The number of carbonyl (C=O) groups is 3. The normalized spacial score (nSPS) is 27.6. The van der Waals surface area contributed by atoms with Gasteiger partial charge in [0.2, 0.25) is 17.7 Å². The summed E-state index contributed by atoms with van der Waals surface area (Å²) >= 11 is 0. The van der Waals surface area contributed by atoms with Gasteiger partial charge < -0.3 is 5.32 Å². The van der Waals surface area contributed by atoms with Crippen molar-refractivity contribution >= 4 is 23.4 Å². The fourth-order valence-electron chi connectivity index (χ4n) is 6.80. The number of hydrogen-bond acceptors (Lipinski definition) is 5. The van der Waals surface area contributed by atoms with E-state index in [-0.39, 0.29) is 24.1 Å². The summed E-state index contributed by atoms with van der Waals surface area (Å²) in [5.74, 6) is -2.69. The van der Waals surface area contributed by atoms with E-state index in [1.54, 1.807) is 55.1 Å². The van der Waals surface area contributed by atoms with Gasteiger partial charge in [0.25, 0.3) is 0 Å². The largest absolute Gasteiger partial charge is 0.341 e. The molecule has 3 amide bonds. The minimum atomic E-state index is -1.27. The Balaban J connectivity index is 1.55. The van der Waals surface area contributed by atoms with Gasteiger partial charge in [-0.05, 0) is 47.4 Å². The van der Waals surface area contributed by atoms with Crippen LogP contribution in [0.2, 0.25) is 0 Å². The number of rotatable bonds is 4. The van der Waals surface area contributed by atoms with Crippen molar-refractivity contribution in [1.29, 1.82) is 0 Å². The highest BCUT2D eigenvalue weighted by molar-refractivity contribution is 6.25. The molecule has 1 N–H and O–H groups in total. The van der Waals surface area contributed by atoms with Crippen LogP contribution in [0.4, 0.5) is 5.69 Å². The average Bonchev–Trinajstić information content (AvgIpc) is 3.22. The molecule has 7 heteroatoms. The highest BCUT2D eigenvalue weighted by Crippen LogP contribution is 2.62. The third-order valence-corrected chi connectivity index (χ3v) is 8.19. The van der Waals surface area contributed by atoms with Gasteiger partial charge in [0.1, 0.15) is 5.54 Å². The second-order valence-electron chi connectivity index (χ2n) is 9.86.